The van der Waals surface area contributed by atoms with Crippen LogP contribution >= 0.6 is 27.7 Å². The van der Waals surface area contributed by atoms with Crippen molar-refractivity contribution in [2.75, 3.05) is 5.75 Å². The Labute approximate surface area is 91.7 Å². The second-order valence-electron chi connectivity index (χ2n) is 2.99. The Morgan fingerprint density at radius 1 is 1.38 bits per heavy atom. The number of aliphatic hydroxyl groups is 1. The molecule has 1 nitrogen and oxygen atoms in total. The van der Waals surface area contributed by atoms with Crippen LogP contribution in [0.3, 0.4) is 0 Å². The van der Waals surface area contributed by atoms with Gasteiger partial charge in [0.05, 0.1) is 6.10 Å². The van der Waals surface area contributed by atoms with Crippen LogP contribution in [0.15, 0.2) is 28.7 Å². The smallest absolute Gasteiger partial charge is 0.0602 e. The summed E-state index contributed by atoms with van der Waals surface area (Å²) in [5, 5.41) is 9.05. The van der Waals surface area contributed by atoms with E-state index < -0.39 is 0 Å². The van der Waals surface area contributed by atoms with E-state index in [1.54, 1.807) is 11.8 Å². The lowest BCUT2D eigenvalue weighted by atomic mass is 10.2. The second kappa shape index (κ2) is 5.68. The standard InChI is InChI=1S/C10H13BrOS/c1-8(12)6-13-7-9-2-4-10(11)5-3-9/h2-5,8,12H,6-7H2,1H3/t8-/m0/s1. The molecule has 13 heavy (non-hydrogen) atoms. The molecular formula is C10H13BrOS. The maximum atomic E-state index is 9.05. The van der Waals surface area contributed by atoms with E-state index >= 15 is 0 Å². The van der Waals surface area contributed by atoms with Crippen molar-refractivity contribution in [3.63, 3.8) is 0 Å². The maximum absolute atomic E-state index is 9.05. The molecule has 0 saturated heterocycles. The van der Waals surface area contributed by atoms with Gasteiger partial charge in [-0.2, -0.15) is 11.8 Å². The van der Waals surface area contributed by atoms with Crippen LogP contribution in [0, 0.1) is 0 Å². The van der Waals surface area contributed by atoms with Gasteiger partial charge in [-0.25, -0.2) is 0 Å². The number of aliphatic hydroxyl groups excluding tert-OH is 1. The van der Waals surface area contributed by atoms with E-state index in [2.05, 4.69) is 28.1 Å². The zero-order valence-electron chi connectivity index (χ0n) is 7.53. The molecule has 0 unspecified atom stereocenters. The van der Waals surface area contributed by atoms with E-state index in [1.807, 2.05) is 19.1 Å². The minimum absolute atomic E-state index is 0.208. The van der Waals surface area contributed by atoms with Crippen molar-refractivity contribution >= 4 is 27.7 Å². The van der Waals surface area contributed by atoms with Gasteiger partial charge in [0.1, 0.15) is 0 Å². The molecule has 0 spiro atoms. The molecule has 72 valence electrons. The predicted octanol–water partition coefficient (Wildman–Crippen LogP) is 3.06. The van der Waals surface area contributed by atoms with E-state index in [0.717, 1.165) is 16.0 Å². The van der Waals surface area contributed by atoms with Crippen molar-refractivity contribution < 1.29 is 5.11 Å². The molecule has 1 aromatic carbocycles. The topological polar surface area (TPSA) is 20.2 Å². The molecular weight excluding hydrogens is 248 g/mol. The summed E-state index contributed by atoms with van der Waals surface area (Å²) in [6, 6.07) is 8.27. The summed E-state index contributed by atoms with van der Waals surface area (Å²) in [5.74, 6) is 1.77. The Morgan fingerprint density at radius 3 is 2.54 bits per heavy atom. The molecule has 1 N–H and O–H groups in total. The number of halogens is 1. The summed E-state index contributed by atoms with van der Waals surface area (Å²) in [7, 11) is 0. The fraction of sp³-hybridized carbons (Fsp3) is 0.400. The van der Waals surface area contributed by atoms with Crippen molar-refractivity contribution in [2.24, 2.45) is 0 Å². The van der Waals surface area contributed by atoms with Crippen LogP contribution in [0.1, 0.15) is 12.5 Å². The molecule has 1 aromatic rings. The highest BCUT2D eigenvalue weighted by molar-refractivity contribution is 9.10. The zero-order chi connectivity index (χ0) is 9.68. The minimum Gasteiger partial charge on any atom is -0.393 e. The molecule has 0 saturated carbocycles. The third-order valence-electron chi connectivity index (χ3n) is 1.54. The van der Waals surface area contributed by atoms with Gasteiger partial charge >= 0.3 is 0 Å². The highest BCUT2D eigenvalue weighted by Gasteiger charge is 1.97. The SMILES string of the molecule is C[C@H](O)CSCc1ccc(Br)cc1. The first kappa shape index (κ1) is 11.1. The fourth-order valence-corrected chi connectivity index (χ4v) is 2.08. The Bertz CT molecular complexity index is 246. The van der Waals surface area contributed by atoms with Crippen LogP contribution in [0.5, 0.6) is 0 Å². The monoisotopic (exact) mass is 260 g/mol. The van der Waals surface area contributed by atoms with Crippen LogP contribution in [-0.4, -0.2) is 17.0 Å². The van der Waals surface area contributed by atoms with Gasteiger partial charge in [0.15, 0.2) is 0 Å². The summed E-state index contributed by atoms with van der Waals surface area (Å²) in [6.45, 7) is 1.81. The van der Waals surface area contributed by atoms with Crippen LogP contribution in [0.25, 0.3) is 0 Å². The van der Waals surface area contributed by atoms with Crippen LogP contribution in [0.4, 0.5) is 0 Å². The first-order valence-corrected chi connectivity index (χ1v) is 6.13. The number of benzene rings is 1. The Hall–Kier alpha value is 0.01000. The van der Waals surface area contributed by atoms with Gasteiger partial charge in [-0.05, 0) is 24.6 Å². The Kier molecular flexibility index (Phi) is 4.84. The summed E-state index contributed by atoms with van der Waals surface area (Å²) < 4.78 is 1.11. The van der Waals surface area contributed by atoms with Gasteiger partial charge in [-0.1, -0.05) is 28.1 Å². The molecule has 0 amide bonds. The Balaban J connectivity index is 2.33. The van der Waals surface area contributed by atoms with Crippen molar-refractivity contribution in [3.05, 3.63) is 34.3 Å². The largest absolute Gasteiger partial charge is 0.393 e. The van der Waals surface area contributed by atoms with E-state index in [0.29, 0.717) is 0 Å². The molecule has 3 heteroatoms. The molecule has 0 aliphatic heterocycles. The number of thioether (sulfide) groups is 1. The fourth-order valence-electron chi connectivity index (χ4n) is 0.928. The molecule has 0 aliphatic carbocycles. The quantitative estimate of drug-likeness (QED) is 0.898. The van der Waals surface area contributed by atoms with Gasteiger partial charge in [0.2, 0.25) is 0 Å². The van der Waals surface area contributed by atoms with Gasteiger partial charge in [-0.3, -0.25) is 0 Å². The molecule has 0 bridgehead atoms. The zero-order valence-corrected chi connectivity index (χ0v) is 9.94. The number of hydrogen-bond acceptors (Lipinski definition) is 2. The summed E-state index contributed by atoms with van der Waals surface area (Å²) >= 11 is 5.15. The molecule has 0 aliphatic rings. The third kappa shape index (κ3) is 4.69. The molecule has 0 radical (unpaired) electrons. The molecule has 0 fully saturated rings. The highest BCUT2D eigenvalue weighted by atomic mass is 79.9. The van der Waals surface area contributed by atoms with Gasteiger partial charge in [0, 0.05) is 16.0 Å². The van der Waals surface area contributed by atoms with Crippen molar-refractivity contribution in [1.82, 2.24) is 0 Å². The maximum Gasteiger partial charge on any atom is 0.0602 e. The summed E-state index contributed by atoms with van der Waals surface area (Å²) in [6.07, 6.45) is -0.208. The van der Waals surface area contributed by atoms with Crippen LogP contribution in [0.2, 0.25) is 0 Å². The minimum atomic E-state index is -0.208. The average Bonchev–Trinajstić information content (AvgIpc) is 2.08. The van der Waals surface area contributed by atoms with E-state index in [-0.39, 0.29) is 6.10 Å². The first-order chi connectivity index (χ1) is 6.18. The lowest BCUT2D eigenvalue weighted by Crippen LogP contribution is -2.02. The van der Waals surface area contributed by atoms with E-state index in [9.17, 15) is 0 Å². The molecule has 1 rings (SSSR count). The normalized spacial score (nSPS) is 12.8. The molecule has 0 heterocycles. The Morgan fingerprint density at radius 2 is 2.00 bits per heavy atom. The highest BCUT2D eigenvalue weighted by Crippen LogP contribution is 2.16. The van der Waals surface area contributed by atoms with Gasteiger partial charge in [-0.15, -0.1) is 0 Å². The second-order valence-corrected chi connectivity index (χ2v) is 4.94. The summed E-state index contributed by atoms with van der Waals surface area (Å²) in [4.78, 5) is 0. The van der Waals surface area contributed by atoms with Crippen molar-refractivity contribution in [1.29, 1.82) is 0 Å². The first-order valence-electron chi connectivity index (χ1n) is 4.19. The van der Waals surface area contributed by atoms with Crippen molar-refractivity contribution in [2.45, 2.75) is 18.8 Å². The lowest BCUT2D eigenvalue weighted by molar-refractivity contribution is 0.220. The third-order valence-corrected chi connectivity index (χ3v) is 3.33. The average molecular weight is 261 g/mol. The number of rotatable bonds is 4. The van der Waals surface area contributed by atoms with E-state index in [4.69, 9.17) is 5.11 Å². The van der Waals surface area contributed by atoms with E-state index in [1.165, 1.54) is 5.56 Å². The van der Waals surface area contributed by atoms with Crippen molar-refractivity contribution in [3.8, 4) is 0 Å². The van der Waals surface area contributed by atoms with Crippen LogP contribution < -0.4 is 0 Å². The number of hydrogen-bond donors (Lipinski definition) is 1. The summed E-state index contributed by atoms with van der Waals surface area (Å²) in [5.41, 5.74) is 1.30. The van der Waals surface area contributed by atoms with Crippen LogP contribution in [-0.2, 0) is 5.75 Å². The predicted molar refractivity (Wildman–Crippen MR) is 62.0 cm³/mol. The van der Waals surface area contributed by atoms with Gasteiger partial charge < -0.3 is 5.11 Å². The molecule has 1 atom stereocenters. The molecule has 0 aromatic heterocycles. The van der Waals surface area contributed by atoms with Gasteiger partial charge in [0.25, 0.3) is 0 Å². The lowest BCUT2D eigenvalue weighted by Gasteiger charge is -2.03.